The van der Waals surface area contributed by atoms with Crippen LogP contribution in [0, 0.1) is 0 Å². The quantitative estimate of drug-likeness (QED) is 0.246. The first-order valence-corrected chi connectivity index (χ1v) is 12.0. The molecule has 0 atom stereocenters. The first-order chi connectivity index (χ1) is 16.4. The van der Waals surface area contributed by atoms with Gasteiger partial charge in [0.25, 0.3) is 0 Å². The van der Waals surface area contributed by atoms with E-state index < -0.39 is 0 Å². The van der Waals surface area contributed by atoms with Crippen LogP contribution in [0.3, 0.4) is 0 Å². The Morgan fingerprint density at radius 3 is 2.27 bits per heavy atom. The minimum atomic E-state index is 1.06. The summed E-state index contributed by atoms with van der Waals surface area (Å²) in [5.41, 5.74) is 6.05. The number of nitrogens with zero attached hydrogens (tertiary/aromatic N) is 1. The van der Waals surface area contributed by atoms with Gasteiger partial charge in [0.05, 0.1) is 5.52 Å². The zero-order valence-electron chi connectivity index (χ0n) is 17.8. The van der Waals surface area contributed by atoms with Gasteiger partial charge >= 0.3 is 0 Å². The fourth-order valence-corrected chi connectivity index (χ4v) is 6.18. The molecule has 0 saturated heterocycles. The molecule has 1 nitrogen and oxygen atoms in total. The van der Waals surface area contributed by atoms with Gasteiger partial charge in [0.15, 0.2) is 0 Å². The molecule has 0 fully saturated rings. The summed E-state index contributed by atoms with van der Waals surface area (Å²) < 4.78 is 2.64. The molecule has 0 spiro atoms. The van der Waals surface area contributed by atoms with Crippen LogP contribution in [0.5, 0.6) is 0 Å². The SMILES string of the molecule is c1ccc(-c2cc(-c3cccc4ccc5cccnc5c34)cc3sc4ccccc4c23)cc1. The molecule has 33 heavy (non-hydrogen) atoms. The molecule has 0 saturated carbocycles. The lowest BCUT2D eigenvalue weighted by atomic mass is 9.91. The number of thiophene rings is 1. The lowest BCUT2D eigenvalue weighted by Crippen LogP contribution is -1.88. The summed E-state index contributed by atoms with van der Waals surface area (Å²) in [5, 5.41) is 6.27. The van der Waals surface area contributed by atoms with Gasteiger partial charge in [-0.1, -0.05) is 84.9 Å². The van der Waals surface area contributed by atoms with Gasteiger partial charge in [-0.25, -0.2) is 0 Å². The number of hydrogen-bond acceptors (Lipinski definition) is 2. The Bertz CT molecular complexity index is 1810. The second kappa shape index (κ2) is 7.26. The van der Waals surface area contributed by atoms with E-state index in [4.69, 9.17) is 4.98 Å². The number of pyridine rings is 1. The Balaban J connectivity index is 1.62. The molecule has 154 valence electrons. The van der Waals surface area contributed by atoms with E-state index in [0.29, 0.717) is 0 Å². The van der Waals surface area contributed by atoms with E-state index in [1.165, 1.54) is 58.6 Å². The van der Waals surface area contributed by atoms with Gasteiger partial charge in [-0.2, -0.15) is 0 Å². The molecular formula is C31H19NS. The van der Waals surface area contributed by atoms with Crippen LogP contribution < -0.4 is 0 Å². The van der Waals surface area contributed by atoms with E-state index in [9.17, 15) is 0 Å². The molecule has 0 radical (unpaired) electrons. The summed E-state index contributed by atoms with van der Waals surface area (Å²) in [6.45, 7) is 0. The van der Waals surface area contributed by atoms with Crippen molar-refractivity contribution >= 4 is 53.2 Å². The maximum atomic E-state index is 4.78. The summed E-state index contributed by atoms with van der Waals surface area (Å²) in [5.74, 6) is 0. The minimum Gasteiger partial charge on any atom is -0.256 e. The Labute approximate surface area is 195 Å². The van der Waals surface area contributed by atoms with E-state index in [1.807, 2.05) is 23.6 Å². The number of hydrogen-bond donors (Lipinski definition) is 0. The van der Waals surface area contributed by atoms with Crippen LogP contribution in [0.4, 0.5) is 0 Å². The van der Waals surface area contributed by atoms with E-state index in [2.05, 4.69) is 103 Å². The molecule has 0 aliphatic carbocycles. The Kier molecular flexibility index (Phi) is 4.08. The Morgan fingerprint density at radius 2 is 1.33 bits per heavy atom. The van der Waals surface area contributed by atoms with Gasteiger partial charge in [-0.3, -0.25) is 4.98 Å². The average molecular weight is 438 g/mol. The molecule has 0 aliphatic heterocycles. The molecule has 0 amide bonds. The van der Waals surface area contributed by atoms with E-state index in [-0.39, 0.29) is 0 Å². The van der Waals surface area contributed by atoms with Gasteiger partial charge in [0.1, 0.15) is 0 Å². The first kappa shape index (κ1) is 18.6. The van der Waals surface area contributed by atoms with Crippen molar-refractivity contribution in [2.24, 2.45) is 0 Å². The molecule has 7 aromatic rings. The molecule has 5 aromatic carbocycles. The predicted octanol–water partition coefficient (Wildman–Crippen LogP) is 9.09. The van der Waals surface area contributed by atoms with E-state index in [1.54, 1.807) is 0 Å². The second-order valence-electron chi connectivity index (χ2n) is 8.41. The van der Waals surface area contributed by atoms with Crippen LogP contribution in [0.15, 0.2) is 115 Å². The van der Waals surface area contributed by atoms with Crippen LogP contribution in [-0.4, -0.2) is 4.98 Å². The third kappa shape index (κ3) is 2.88. The van der Waals surface area contributed by atoms with Crippen molar-refractivity contribution in [2.45, 2.75) is 0 Å². The molecule has 0 bridgehead atoms. The standard InChI is InChI=1S/C31H19NS/c1-2-8-20(9-3-1)26-18-23(19-28-30(26)25-12-4-5-14-27(25)33-28)24-13-6-10-21-15-16-22-11-7-17-32-31(22)29(21)24/h1-19H. The highest BCUT2D eigenvalue weighted by atomic mass is 32.1. The lowest BCUT2D eigenvalue weighted by Gasteiger charge is -2.13. The highest BCUT2D eigenvalue weighted by molar-refractivity contribution is 7.26. The van der Waals surface area contributed by atoms with Gasteiger partial charge in [-0.05, 0) is 51.9 Å². The molecule has 2 aromatic heterocycles. The normalized spacial score (nSPS) is 11.6. The van der Waals surface area contributed by atoms with Crippen molar-refractivity contribution in [1.29, 1.82) is 0 Å². The minimum absolute atomic E-state index is 1.06. The summed E-state index contributed by atoms with van der Waals surface area (Å²) in [4.78, 5) is 4.78. The fraction of sp³-hybridized carbons (Fsp3) is 0. The summed E-state index contributed by atoms with van der Waals surface area (Å²) >= 11 is 1.87. The monoisotopic (exact) mass is 437 g/mol. The average Bonchev–Trinajstić information content (AvgIpc) is 3.27. The maximum absolute atomic E-state index is 4.78. The van der Waals surface area contributed by atoms with Crippen molar-refractivity contribution in [2.75, 3.05) is 0 Å². The summed E-state index contributed by atoms with van der Waals surface area (Å²) in [6.07, 6.45) is 1.89. The van der Waals surface area contributed by atoms with Crippen molar-refractivity contribution in [3.8, 4) is 22.3 Å². The zero-order valence-corrected chi connectivity index (χ0v) is 18.6. The largest absolute Gasteiger partial charge is 0.256 e. The van der Waals surface area contributed by atoms with Gasteiger partial charge in [-0.15, -0.1) is 11.3 Å². The van der Waals surface area contributed by atoms with E-state index in [0.717, 1.165) is 5.52 Å². The summed E-state index contributed by atoms with van der Waals surface area (Å²) in [6, 6.07) is 39.3. The molecule has 0 aliphatic rings. The predicted molar refractivity (Wildman–Crippen MR) is 143 cm³/mol. The van der Waals surface area contributed by atoms with Crippen molar-refractivity contribution < 1.29 is 0 Å². The van der Waals surface area contributed by atoms with Gasteiger partial charge < -0.3 is 0 Å². The third-order valence-electron chi connectivity index (χ3n) is 6.49. The van der Waals surface area contributed by atoms with Crippen LogP contribution in [0.25, 0.3) is 64.1 Å². The zero-order chi connectivity index (χ0) is 21.8. The molecule has 2 heterocycles. The molecule has 2 heteroatoms. The molecule has 0 unspecified atom stereocenters. The van der Waals surface area contributed by atoms with Crippen LogP contribution >= 0.6 is 11.3 Å². The molecule has 0 N–H and O–H groups in total. The van der Waals surface area contributed by atoms with Crippen LogP contribution in [0.1, 0.15) is 0 Å². The Hall–Kier alpha value is -4.01. The third-order valence-corrected chi connectivity index (χ3v) is 7.61. The smallest absolute Gasteiger partial charge is 0.0786 e. The highest BCUT2D eigenvalue weighted by Crippen LogP contribution is 2.44. The fourth-order valence-electron chi connectivity index (χ4n) is 5.01. The maximum Gasteiger partial charge on any atom is 0.0786 e. The number of benzene rings is 5. The Morgan fingerprint density at radius 1 is 0.515 bits per heavy atom. The number of aromatic nitrogens is 1. The van der Waals surface area contributed by atoms with Crippen molar-refractivity contribution in [3.05, 3.63) is 115 Å². The summed E-state index contributed by atoms with van der Waals surface area (Å²) in [7, 11) is 0. The highest BCUT2D eigenvalue weighted by Gasteiger charge is 2.15. The molecular weight excluding hydrogens is 418 g/mol. The van der Waals surface area contributed by atoms with Crippen LogP contribution in [-0.2, 0) is 0 Å². The lowest BCUT2D eigenvalue weighted by molar-refractivity contribution is 1.43. The van der Waals surface area contributed by atoms with Crippen LogP contribution in [0.2, 0.25) is 0 Å². The second-order valence-corrected chi connectivity index (χ2v) is 9.49. The topological polar surface area (TPSA) is 12.9 Å². The first-order valence-electron chi connectivity index (χ1n) is 11.1. The van der Waals surface area contributed by atoms with Gasteiger partial charge in [0, 0.05) is 37.1 Å². The number of rotatable bonds is 2. The molecule has 7 rings (SSSR count). The van der Waals surface area contributed by atoms with Crippen molar-refractivity contribution in [3.63, 3.8) is 0 Å². The van der Waals surface area contributed by atoms with Gasteiger partial charge in [0.2, 0.25) is 0 Å². The van der Waals surface area contributed by atoms with E-state index >= 15 is 0 Å². The number of fused-ring (bicyclic) bond motifs is 6. The van der Waals surface area contributed by atoms with Crippen molar-refractivity contribution in [1.82, 2.24) is 4.98 Å².